The van der Waals surface area contributed by atoms with Crippen molar-refractivity contribution in [1.29, 1.82) is 0 Å². The van der Waals surface area contributed by atoms with Crippen LogP contribution in [-0.2, 0) is 25.5 Å². The van der Waals surface area contributed by atoms with E-state index in [-0.39, 0.29) is 18.2 Å². The van der Waals surface area contributed by atoms with Gasteiger partial charge in [-0.15, -0.1) is 0 Å². The number of pyridine rings is 1. The number of esters is 1. The van der Waals surface area contributed by atoms with Crippen LogP contribution in [0.3, 0.4) is 0 Å². The van der Waals surface area contributed by atoms with Gasteiger partial charge in [0, 0.05) is 24.1 Å². The van der Waals surface area contributed by atoms with Gasteiger partial charge in [0.2, 0.25) is 5.91 Å². The molecule has 1 saturated heterocycles. The second kappa shape index (κ2) is 7.40. The summed E-state index contributed by atoms with van der Waals surface area (Å²) in [4.78, 5) is 28.8. The van der Waals surface area contributed by atoms with Crippen LogP contribution in [0.5, 0.6) is 0 Å². The lowest BCUT2D eigenvalue weighted by Gasteiger charge is -2.18. The number of carbonyl (C=O) groups excluding carboxylic acids is 2. The van der Waals surface area contributed by atoms with E-state index in [1.165, 1.54) is 7.11 Å². The van der Waals surface area contributed by atoms with Crippen LogP contribution in [0, 0.1) is 5.92 Å². The van der Waals surface area contributed by atoms with Crippen molar-refractivity contribution in [2.45, 2.75) is 18.9 Å². The highest BCUT2D eigenvalue weighted by Crippen LogP contribution is 2.15. The van der Waals surface area contributed by atoms with E-state index in [4.69, 9.17) is 9.47 Å². The zero-order chi connectivity index (χ0) is 16.9. The summed E-state index contributed by atoms with van der Waals surface area (Å²) in [5, 5.41) is 3.80. The quantitative estimate of drug-likeness (QED) is 0.841. The summed E-state index contributed by atoms with van der Waals surface area (Å²) in [6.45, 7) is 0.973. The Labute approximate surface area is 140 Å². The number of para-hydroxylation sites is 1. The maximum Gasteiger partial charge on any atom is 0.328 e. The number of carbonyl (C=O) groups is 2. The zero-order valence-electron chi connectivity index (χ0n) is 13.5. The Bertz CT molecular complexity index is 741. The van der Waals surface area contributed by atoms with Crippen molar-refractivity contribution in [3.05, 3.63) is 42.1 Å². The van der Waals surface area contributed by atoms with Gasteiger partial charge >= 0.3 is 5.97 Å². The molecule has 1 aliphatic heterocycles. The molecule has 3 rings (SSSR count). The Kier molecular flexibility index (Phi) is 5.05. The van der Waals surface area contributed by atoms with Crippen molar-refractivity contribution in [3.8, 4) is 0 Å². The predicted octanol–water partition coefficient (Wildman–Crippen LogP) is 1.47. The fourth-order valence-electron chi connectivity index (χ4n) is 2.80. The van der Waals surface area contributed by atoms with Gasteiger partial charge in [-0.1, -0.05) is 24.3 Å². The van der Waals surface area contributed by atoms with E-state index in [1.807, 2.05) is 36.4 Å². The number of methoxy groups -OCH3 is 1. The summed E-state index contributed by atoms with van der Waals surface area (Å²) < 4.78 is 10.0. The molecule has 0 aliphatic carbocycles. The molecular weight excluding hydrogens is 308 g/mol. The summed E-state index contributed by atoms with van der Waals surface area (Å²) >= 11 is 0. The molecule has 0 bridgehead atoms. The Morgan fingerprint density at radius 1 is 1.33 bits per heavy atom. The smallest absolute Gasteiger partial charge is 0.328 e. The SMILES string of the molecule is COC(=O)[C@H](Cc1ccc2ccccc2n1)NC(=O)[C@H]1CCOC1. The summed E-state index contributed by atoms with van der Waals surface area (Å²) in [6, 6.07) is 10.8. The third-order valence-electron chi connectivity index (χ3n) is 4.17. The number of amides is 1. The molecule has 2 heterocycles. The van der Waals surface area contributed by atoms with Gasteiger partial charge < -0.3 is 14.8 Å². The summed E-state index contributed by atoms with van der Waals surface area (Å²) in [5.41, 5.74) is 1.58. The first-order chi connectivity index (χ1) is 11.7. The molecule has 6 heteroatoms. The van der Waals surface area contributed by atoms with Gasteiger partial charge in [0.25, 0.3) is 0 Å². The molecule has 0 unspecified atom stereocenters. The summed E-state index contributed by atoms with van der Waals surface area (Å²) in [5.74, 6) is -0.859. The first kappa shape index (κ1) is 16.4. The second-order valence-electron chi connectivity index (χ2n) is 5.84. The van der Waals surface area contributed by atoms with Crippen LogP contribution in [0.4, 0.5) is 0 Å². The lowest BCUT2D eigenvalue weighted by molar-refractivity contribution is -0.145. The number of benzene rings is 1. The molecule has 1 fully saturated rings. The minimum Gasteiger partial charge on any atom is -0.467 e. The highest BCUT2D eigenvalue weighted by molar-refractivity contribution is 5.86. The molecule has 1 N–H and O–H groups in total. The zero-order valence-corrected chi connectivity index (χ0v) is 13.5. The van der Waals surface area contributed by atoms with Gasteiger partial charge in [-0.3, -0.25) is 9.78 Å². The monoisotopic (exact) mass is 328 g/mol. The summed E-state index contributed by atoms with van der Waals surface area (Å²) in [7, 11) is 1.31. The first-order valence-electron chi connectivity index (χ1n) is 7.98. The number of hydrogen-bond acceptors (Lipinski definition) is 5. The van der Waals surface area contributed by atoms with Gasteiger partial charge in [0.05, 0.1) is 25.2 Å². The van der Waals surface area contributed by atoms with Crippen LogP contribution in [0.25, 0.3) is 10.9 Å². The highest BCUT2D eigenvalue weighted by Gasteiger charge is 2.29. The third-order valence-corrected chi connectivity index (χ3v) is 4.17. The van der Waals surface area contributed by atoms with Crippen LogP contribution in [0.1, 0.15) is 12.1 Å². The average molecular weight is 328 g/mol. The molecule has 1 aromatic carbocycles. The van der Waals surface area contributed by atoms with Crippen LogP contribution in [0.2, 0.25) is 0 Å². The molecule has 1 aliphatic rings. The van der Waals surface area contributed by atoms with Crippen molar-refractivity contribution in [2.75, 3.05) is 20.3 Å². The van der Waals surface area contributed by atoms with E-state index < -0.39 is 12.0 Å². The normalized spacial score (nSPS) is 18.3. The molecule has 24 heavy (non-hydrogen) atoms. The van der Waals surface area contributed by atoms with Crippen molar-refractivity contribution in [3.63, 3.8) is 0 Å². The molecule has 0 spiro atoms. The highest BCUT2D eigenvalue weighted by atomic mass is 16.5. The molecule has 0 radical (unpaired) electrons. The van der Waals surface area contributed by atoms with E-state index >= 15 is 0 Å². The van der Waals surface area contributed by atoms with Gasteiger partial charge in [-0.05, 0) is 18.6 Å². The van der Waals surface area contributed by atoms with Crippen LogP contribution >= 0.6 is 0 Å². The Hall–Kier alpha value is -2.47. The Morgan fingerprint density at radius 2 is 2.17 bits per heavy atom. The minimum absolute atomic E-state index is 0.177. The minimum atomic E-state index is -0.753. The standard InChI is InChI=1S/C18H20N2O4/c1-23-18(22)16(20-17(21)13-8-9-24-11-13)10-14-7-6-12-4-2-3-5-15(12)19-14/h2-7,13,16H,8-11H2,1H3,(H,20,21)/t13-,16-/m0/s1. The molecule has 6 nitrogen and oxygen atoms in total. The predicted molar refractivity (Wildman–Crippen MR) is 88.3 cm³/mol. The van der Waals surface area contributed by atoms with Gasteiger partial charge in [0.15, 0.2) is 0 Å². The summed E-state index contributed by atoms with van der Waals surface area (Å²) in [6.07, 6.45) is 0.963. The maximum absolute atomic E-state index is 12.3. The maximum atomic E-state index is 12.3. The molecule has 1 amide bonds. The molecule has 126 valence electrons. The van der Waals surface area contributed by atoms with E-state index in [2.05, 4.69) is 10.3 Å². The fourth-order valence-corrected chi connectivity index (χ4v) is 2.80. The number of aromatic nitrogens is 1. The fraction of sp³-hybridized carbons (Fsp3) is 0.389. The topological polar surface area (TPSA) is 77.5 Å². The van der Waals surface area contributed by atoms with Crippen LogP contribution in [-0.4, -0.2) is 43.2 Å². The number of nitrogens with one attached hydrogen (secondary N) is 1. The second-order valence-corrected chi connectivity index (χ2v) is 5.84. The number of rotatable bonds is 5. The van der Waals surface area contributed by atoms with Crippen molar-refractivity contribution < 1.29 is 19.1 Å². The van der Waals surface area contributed by atoms with Crippen molar-refractivity contribution in [2.24, 2.45) is 5.92 Å². The van der Waals surface area contributed by atoms with Gasteiger partial charge in [-0.25, -0.2) is 4.79 Å². The molecule has 2 atom stereocenters. The molecule has 1 aromatic heterocycles. The van der Waals surface area contributed by atoms with E-state index in [1.54, 1.807) is 0 Å². The van der Waals surface area contributed by atoms with Crippen molar-refractivity contribution >= 4 is 22.8 Å². The van der Waals surface area contributed by atoms with Crippen LogP contribution in [0.15, 0.2) is 36.4 Å². The number of nitrogens with zero attached hydrogens (tertiary/aromatic N) is 1. The van der Waals surface area contributed by atoms with Crippen LogP contribution < -0.4 is 5.32 Å². The van der Waals surface area contributed by atoms with Gasteiger partial charge in [-0.2, -0.15) is 0 Å². The number of ether oxygens (including phenoxy) is 2. The van der Waals surface area contributed by atoms with Gasteiger partial charge in [0.1, 0.15) is 6.04 Å². The molecular formula is C18H20N2O4. The Balaban J connectivity index is 1.75. The largest absolute Gasteiger partial charge is 0.467 e. The lowest BCUT2D eigenvalue weighted by Crippen LogP contribution is -2.45. The lowest BCUT2D eigenvalue weighted by atomic mass is 10.1. The first-order valence-corrected chi connectivity index (χ1v) is 7.98. The van der Waals surface area contributed by atoms with E-state index in [0.29, 0.717) is 19.6 Å². The Morgan fingerprint density at radius 3 is 2.92 bits per heavy atom. The third kappa shape index (κ3) is 3.71. The van der Waals surface area contributed by atoms with E-state index in [0.717, 1.165) is 16.6 Å². The number of hydrogen-bond donors (Lipinski definition) is 1. The van der Waals surface area contributed by atoms with Crippen molar-refractivity contribution in [1.82, 2.24) is 10.3 Å². The molecule has 0 saturated carbocycles. The molecule has 2 aromatic rings. The number of fused-ring (bicyclic) bond motifs is 1. The average Bonchev–Trinajstić information content (AvgIpc) is 3.15. The van der Waals surface area contributed by atoms with E-state index in [9.17, 15) is 9.59 Å².